The van der Waals surface area contributed by atoms with Crippen molar-refractivity contribution in [1.82, 2.24) is 10.2 Å². The molecule has 0 aliphatic carbocycles. The van der Waals surface area contributed by atoms with Gasteiger partial charge in [-0.25, -0.2) is 0 Å². The average Bonchev–Trinajstić information content (AvgIpc) is 2.43. The number of hydrogen-bond acceptors (Lipinski definition) is 3. The van der Waals surface area contributed by atoms with Gasteiger partial charge in [-0.2, -0.15) is 0 Å². The van der Waals surface area contributed by atoms with E-state index < -0.39 is 0 Å². The molecule has 2 N–H and O–H groups in total. The van der Waals surface area contributed by atoms with Crippen LogP contribution < -0.4 is 5.32 Å². The number of fused-ring (bicyclic) bond motifs is 1. The number of carbonyl (C=O) groups is 1. The summed E-state index contributed by atoms with van der Waals surface area (Å²) < 4.78 is 0. The molecule has 2 rings (SSSR count). The van der Waals surface area contributed by atoms with Crippen LogP contribution in [0.5, 0.6) is 0 Å². The summed E-state index contributed by atoms with van der Waals surface area (Å²) in [6, 6.07) is 8.08. The van der Waals surface area contributed by atoms with Gasteiger partial charge in [0.25, 0.3) is 0 Å². The van der Waals surface area contributed by atoms with E-state index in [9.17, 15) is 9.90 Å². The molecule has 0 spiro atoms. The second-order valence-electron chi connectivity index (χ2n) is 5.30. The number of benzene rings is 1. The molecule has 0 saturated heterocycles. The molecule has 0 fully saturated rings. The van der Waals surface area contributed by atoms with Crippen molar-refractivity contribution >= 4 is 5.91 Å². The summed E-state index contributed by atoms with van der Waals surface area (Å²) in [5.41, 5.74) is 2.53. The summed E-state index contributed by atoms with van der Waals surface area (Å²) in [7, 11) is 1.80. The van der Waals surface area contributed by atoms with E-state index in [-0.39, 0.29) is 18.1 Å². The fourth-order valence-electron chi connectivity index (χ4n) is 2.39. The maximum atomic E-state index is 12.3. The normalized spacial score (nSPS) is 19.6. The highest BCUT2D eigenvalue weighted by atomic mass is 16.3. The molecule has 1 aromatic rings. The molecule has 19 heavy (non-hydrogen) atoms. The van der Waals surface area contributed by atoms with E-state index in [0.29, 0.717) is 13.0 Å². The minimum atomic E-state index is -0.365. The van der Waals surface area contributed by atoms with Crippen molar-refractivity contribution in [2.24, 2.45) is 0 Å². The molecule has 1 aliphatic heterocycles. The van der Waals surface area contributed by atoms with E-state index in [4.69, 9.17) is 0 Å². The van der Waals surface area contributed by atoms with E-state index in [1.807, 2.05) is 12.1 Å². The lowest BCUT2D eigenvalue weighted by molar-refractivity contribution is -0.132. The van der Waals surface area contributed by atoms with Crippen molar-refractivity contribution in [3.8, 4) is 0 Å². The van der Waals surface area contributed by atoms with Gasteiger partial charge in [-0.1, -0.05) is 24.3 Å². The molecule has 104 valence electrons. The summed E-state index contributed by atoms with van der Waals surface area (Å²) in [4.78, 5) is 14.0. The van der Waals surface area contributed by atoms with Crippen LogP contribution in [0.2, 0.25) is 0 Å². The Morgan fingerprint density at radius 3 is 2.84 bits per heavy atom. The topological polar surface area (TPSA) is 52.6 Å². The number of nitrogens with one attached hydrogen (secondary N) is 1. The Morgan fingerprint density at radius 2 is 2.16 bits per heavy atom. The highest BCUT2D eigenvalue weighted by Crippen LogP contribution is 2.17. The first-order valence-corrected chi connectivity index (χ1v) is 6.81. The molecule has 2 atom stereocenters. The quantitative estimate of drug-likeness (QED) is 0.849. The maximum Gasteiger partial charge on any atom is 0.239 e. The lowest BCUT2D eigenvalue weighted by atomic mass is 9.95. The minimum absolute atomic E-state index is 0.107. The largest absolute Gasteiger partial charge is 0.393 e. The molecule has 0 bridgehead atoms. The number of likely N-dealkylation sites (N-methyl/N-ethyl adjacent to an activating group) is 1. The van der Waals surface area contributed by atoms with Crippen LogP contribution in [0.1, 0.15) is 24.5 Å². The zero-order valence-corrected chi connectivity index (χ0v) is 11.6. The third-order valence-electron chi connectivity index (χ3n) is 3.64. The summed E-state index contributed by atoms with van der Waals surface area (Å²) in [5.74, 6) is 0.107. The molecule has 4 nitrogen and oxygen atoms in total. The molecule has 0 aromatic heterocycles. The van der Waals surface area contributed by atoms with E-state index >= 15 is 0 Å². The molecule has 4 heteroatoms. The van der Waals surface area contributed by atoms with Crippen molar-refractivity contribution in [1.29, 1.82) is 0 Å². The van der Waals surface area contributed by atoms with Crippen LogP contribution in [-0.2, 0) is 17.8 Å². The van der Waals surface area contributed by atoms with Crippen molar-refractivity contribution < 1.29 is 9.90 Å². The van der Waals surface area contributed by atoms with Gasteiger partial charge in [-0.15, -0.1) is 0 Å². The molecule has 0 radical (unpaired) electrons. The second kappa shape index (κ2) is 6.17. The number of aliphatic hydroxyl groups excluding tert-OH is 1. The van der Waals surface area contributed by atoms with Gasteiger partial charge in [0.1, 0.15) is 0 Å². The summed E-state index contributed by atoms with van der Waals surface area (Å²) >= 11 is 0. The Bertz CT molecular complexity index is 446. The molecule has 1 aromatic carbocycles. The summed E-state index contributed by atoms with van der Waals surface area (Å²) in [6.45, 7) is 3.08. The molecular weight excluding hydrogens is 240 g/mol. The Balaban J connectivity index is 1.95. The SMILES string of the molecule is CC(O)CCN(C)C(=O)C1Cc2ccccc2CN1. The first kappa shape index (κ1) is 14.0. The Hall–Kier alpha value is -1.39. The molecule has 0 saturated carbocycles. The Morgan fingerprint density at radius 1 is 1.47 bits per heavy atom. The van der Waals surface area contributed by atoms with Gasteiger partial charge in [0, 0.05) is 20.1 Å². The lowest BCUT2D eigenvalue weighted by Crippen LogP contribution is -2.48. The number of carbonyl (C=O) groups excluding carboxylic acids is 1. The van der Waals surface area contributed by atoms with Crippen LogP contribution >= 0.6 is 0 Å². The van der Waals surface area contributed by atoms with Crippen LogP contribution in [0.3, 0.4) is 0 Å². The van der Waals surface area contributed by atoms with Gasteiger partial charge in [-0.3, -0.25) is 4.79 Å². The fraction of sp³-hybridized carbons (Fsp3) is 0.533. The predicted octanol–water partition coefficient (Wildman–Crippen LogP) is 0.930. The predicted molar refractivity (Wildman–Crippen MR) is 74.7 cm³/mol. The third-order valence-corrected chi connectivity index (χ3v) is 3.64. The first-order valence-electron chi connectivity index (χ1n) is 6.81. The molecule has 1 heterocycles. The van der Waals surface area contributed by atoms with Gasteiger partial charge in [0.05, 0.1) is 12.1 Å². The van der Waals surface area contributed by atoms with Crippen LogP contribution in [0, 0.1) is 0 Å². The summed E-state index contributed by atoms with van der Waals surface area (Å²) in [5, 5.41) is 12.6. The molecule has 2 unspecified atom stereocenters. The number of nitrogens with zero attached hydrogens (tertiary/aromatic N) is 1. The number of amides is 1. The van der Waals surface area contributed by atoms with Gasteiger partial charge >= 0.3 is 0 Å². The number of rotatable bonds is 4. The van der Waals surface area contributed by atoms with Crippen LogP contribution in [0.15, 0.2) is 24.3 Å². The monoisotopic (exact) mass is 262 g/mol. The van der Waals surface area contributed by atoms with Crippen LogP contribution in [0.25, 0.3) is 0 Å². The van der Waals surface area contributed by atoms with Crippen LogP contribution in [0.4, 0.5) is 0 Å². The molecule has 1 aliphatic rings. The van der Waals surface area contributed by atoms with E-state index in [0.717, 1.165) is 13.0 Å². The summed E-state index contributed by atoms with van der Waals surface area (Å²) in [6.07, 6.45) is 0.995. The highest BCUT2D eigenvalue weighted by Gasteiger charge is 2.26. The number of hydrogen-bond donors (Lipinski definition) is 2. The fourth-order valence-corrected chi connectivity index (χ4v) is 2.39. The van der Waals surface area contributed by atoms with Gasteiger partial charge < -0.3 is 15.3 Å². The maximum absolute atomic E-state index is 12.3. The van der Waals surface area contributed by atoms with Crippen molar-refractivity contribution in [2.75, 3.05) is 13.6 Å². The number of aliphatic hydroxyl groups is 1. The van der Waals surface area contributed by atoms with E-state index in [1.54, 1.807) is 18.9 Å². The minimum Gasteiger partial charge on any atom is -0.393 e. The highest BCUT2D eigenvalue weighted by molar-refractivity contribution is 5.82. The Labute approximate surface area is 114 Å². The van der Waals surface area contributed by atoms with Crippen molar-refractivity contribution in [3.05, 3.63) is 35.4 Å². The van der Waals surface area contributed by atoms with E-state index in [1.165, 1.54) is 11.1 Å². The second-order valence-corrected chi connectivity index (χ2v) is 5.30. The molecular formula is C15H22N2O2. The lowest BCUT2D eigenvalue weighted by Gasteiger charge is -2.29. The van der Waals surface area contributed by atoms with Crippen LogP contribution in [-0.4, -0.2) is 41.7 Å². The standard InChI is InChI=1S/C15H22N2O2/c1-11(18)7-8-17(2)15(19)14-9-12-5-3-4-6-13(12)10-16-14/h3-6,11,14,16,18H,7-10H2,1-2H3. The zero-order chi connectivity index (χ0) is 13.8. The van der Waals surface area contributed by atoms with Crippen molar-refractivity contribution in [3.63, 3.8) is 0 Å². The third kappa shape index (κ3) is 3.55. The van der Waals surface area contributed by atoms with Gasteiger partial charge in [-0.05, 0) is 30.9 Å². The first-order chi connectivity index (χ1) is 9.08. The zero-order valence-electron chi connectivity index (χ0n) is 11.6. The van der Waals surface area contributed by atoms with Crippen molar-refractivity contribution in [2.45, 2.75) is 38.5 Å². The van der Waals surface area contributed by atoms with Gasteiger partial charge in [0.2, 0.25) is 5.91 Å². The van der Waals surface area contributed by atoms with Gasteiger partial charge in [0.15, 0.2) is 0 Å². The smallest absolute Gasteiger partial charge is 0.239 e. The molecule has 1 amide bonds. The van der Waals surface area contributed by atoms with E-state index in [2.05, 4.69) is 17.4 Å². The average molecular weight is 262 g/mol. The Kier molecular flexibility index (Phi) is 4.56.